The Labute approximate surface area is 177 Å². The minimum atomic E-state index is -0.226. The van der Waals surface area contributed by atoms with Gasteiger partial charge in [0.05, 0.1) is 28.3 Å². The molecule has 2 aromatic carbocycles. The van der Waals surface area contributed by atoms with Gasteiger partial charge in [-0.05, 0) is 42.6 Å². The third-order valence-electron chi connectivity index (χ3n) is 5.17. The molecule has 148 valence electrons. The Hall–Kier alpha value is -3.64. The molecule has 0 spiro atoms. The first kappa shape index (κ1) is 18.4. The summed E-state index contributed by atoms with van der Waals surface area (Å²) in [5.74, 6) is 0.652. The lowest BCUT2D eigenvalue weighted by atomic mass is 10.1. The molecular weight excluding hydrogens is 398 g/mol. The molecule has 30 heavy (non-hydrogen) atoms. The van der Waals surface area contributed by atoms with Crippen molar-refractivity contribution in [3.63, 3.8) is 0 Å². The molecule has 6 nitrogen and oxygen atoms in total. The molecule has 3 heterocycles. The Bertz CT molecular complexity index is 1420. The van der Waals surface area contributed by atoms with Gasteiger partial charge in [-0.25, -0.2) is 9.97 Å². The summed E-state index contributed by atoms with van der Waals surface area (Å²) in [4.78, 5) is 25.4. The van der Waals surface area contributed by atoms with Gasteiger partial charge in [0, 0.05) is 17.6 Å². The highest BCUT2D eigenvalue weighted by Crippen LogP contribution is 2.28. The van der Waals surface area contributed by atoms with E-state index in [9.17, 15) is 4.79 Å². The molecule has 0 aliphatic rings. The smallest absolute Gasteiger partial charge is 0.264 e. The SMILES string of the molecule is C[C@H](Nc1nccc2[nH]cnc12)c1cc2cccc(Cl)c2c(=O)n1-c1ccccc1. The molecule has 0 fully saturated rings. The second kappa shape index (κ2) is 7.31. The minimum absolute atomic E-state index is 0.154. The maximum absolute atomic E-state index is 13.5. The van der Waals surface area contributed by atoms with Gasteiger partial charge in [-0.15, -0.1) is 0 Å². The van der Waals surface area contributed by atoms with Crippen LogP contribution in [-0.2, 0) is 0 Å². The largest absolute Gasteiger partial charge is 0.360 e. The Kier molecular flexibility index (Phi) is 4.48. The van der Waals surface area contributed by atoms with Crippen LogP contribution in [0.2, 0.25) is 5.02 Å². The zero-order chi connectivity index (χ0) is 20.7. The van der Waals surface area contributed by atoms with Crippen molar-refractivity contribution >= 4 is 39.2 Å². The van der Waals surface area contributed by atoms with E-state index >= 15 is 0 Å². The van der Waals surface area contributed by atoms with Gasteiger partial charge < -0.3 is 10.3 Å². The first-order valence-electron chi connectivity index (χ1n) is 9.57. The van der Waals surface area contributed by atoms with E-state index in [1.165, 1.54) is 0 Å². The highest BCUT2D eigenvalue weighted by molar-refractivity contribution is 6.35. The molecule has 0 amide bonds. The van der Waals surface area contributed by atoms with Crippen molar-refractivity contribution in [3.8, 4) is 5.69 Å². The van der Waals surface area contributed by atoms with Crippen LogP contribution < -0.4 is 10.9 Å². The first-order valence-corrected chi connectivity index (χ1v) is 9.95. The van der Waals surface area contributed by atoms with Gasteiger partial charge in [-0.2, -0.15) is 0 Å². The first-order chi connectivity index (χ1) is 14.6. The number of hydrogen-bond acceptors (Lipinski definition) is 4. The van der Waals surface area contributed by atoms with Crippen molar-refractivity contribution in [3.05, 3.63) is 94.3 Å². The van der Waals surface area contributed by atoms with Gasteiger partial charge in [-0.1, -0.05) is 41.9 Å². The van der Waals surface area contributed by atoms with Crippen LogP contribution in [0.15, 0.2) is 78.0 Å². The van der Waals surface area contributed by atoms with E-state index in [-0.39, 0.29) is 11.6 Å². The van der Waals surface area contributed by atoms with Crippen molar-refractivity contribution in [2.45, 2.75) is 13.0 Å². The van der Waals surface area contributed by atoms with Crippen LogP contribution in [0.25, 0.3) is 27.5 Å². The number of para-hydroxylation sites is 1. The van der Waals surface area contributed by atoms with Crippen LogP contribution in [0.4, 0.5) is 5.82 Å². The number of imidazole rings is 1. The number of rotatable bonds is 4. The minimum Gasteiger partial charge on any atom is -0.360 e. The fourth-order valence-electron chi connectivity index (χ4n) is 3.75. The number of hydrogen-bond donors (Lipinski definition) is 2. The number of anilines is 1. The Morgan fingerprint density at radius 3 is 2.73 bits per heavy atom. The lowest BCUT2D eigenvalue weighted by Crippen LogP contribution is -2.25. The van der Waals surface area contributed by atoms with Gasteiger partial charge in [0.2, 0.25) is 0 Å². The van der Waals surface area contributed by atoms with E-state index in [1.807, 2.05) is 61.5 Å². The number of H-pyrrole nitrogens is 1. The number of aromatic nitrogens is 4. The summed E-state index contributed by atoms with van der Waals surface area (Å²) in [6.07, 6.45) is 3.36. The molecule has 0 bridgehead atoms. The number of benzene rings is 2. The van der Waals surface area contributed by atoms with Gasteiger partial charge in [0.15, 0.2) is 5.82 Å². The number of fused-ring (bicyclic) bond motifs is 2. The second-order valence-corrected chi connectivity index (χ2v) is 7.48. The molecule has 2 N–H and O–H groups in total. The second-order valence-electron chi connectivity index (χ2n) is 7.07. The zero-order valence-corrected chi connectivity index (χ0v) is 16.9. The molecule has 1 atom stereocenters. The molecule has 0 aliphatic carbocycles. The van der Waals surface area contributed by atoms with E-state index in [0.717, 1.165) is 27.8 Å². The predicted octanol–water partition coefficient (Wildman–Crippen LogP) is 5.09. The van der Waals surface area contributed by atoms with Crippen LogP contribution in [0.5, 0.6) is 0 Å². The van der Waals surface area contributed by atoms with Crippen molar-refractivity contribution in [1.29, 1.82) is 0 Å². The maximum Gasteiger partial charge on any atom is 0.264 e. The number of pyridine rings is 2. The molecule has 7 heteroatoms. The summed E-state index contributed by atoms with van der Waals surface area (Å²) >= 11 is 6.39. The summed E-state index contributed by atoms with van der Waals surface area (Å²) in [7, 11) is 0. The van der Waals surface area contributed by atoms with Crippen molar-refractivity contribution in [1.82, 2.24) is 19.5 Å². The lowest BCUT2D eigenvalue weighted by Gasteiger charge is -2.21. The van der Waals surface area contributed by atoms with Crippen LogP contribution in [0.3, 0.4) is 0 Å². The van der Waals surface area contributed by atoms with E-state index in [0.29, 0.717) is 16.2 Å². The average molecular weight is 416 g/mol. The predicted molar refractivity (Wildman–Crippen MR) is 120 cm³/mol. The quantitative estimate of drug-likeness (QED) is 0.428. The van der Waals surface area contributed by atoms with E-state index in [4.69, 9.17) is 11.6 Å². The van der Waals surface area contributed by atoms with E-state index in [2.05, 4.69) is 20.3 Å². The van der Waals surface area contributed by atoms with Gasteiger partial charge >= 0.3 is 0 Å². The molecular formula is C23H18ClN5O. The molecule has 0 unspecified atom stereocenters. The molecule has 0 saturated carbocycles. The molecule has 5 rings (SSSR count). The topological polar surface area (TPSA) is 75.6 Å². The van der Waals surface area contributed by atoms with Crippen molar-refractivity contribution < 1.29 is 0 Å². The van der Waals surface area contributed by atoms with Gasteiger partial charge in [-0.3, -0.25) is 9.36 Å². The summed E-state index contributed by atoms with van der Waals surface area (Å²) in [5.41, 5.74) is 3.07. The Morgan fingerprint density at radius 2 is 1.90 bits per heavy atom. The molecule has 0 saturated heterocycles. The monoisotopic (exact) mass is 415 g/mol. The number of aromatic amines is 1. The Balaban J connectivity index is 1.71. The Morgan fingerprint density at radius 1 is 1.07 bits per heavy atom. The van der Waals surface area contributed by atoms with Crippen molar-refractivity contribution in [2.75, 3.05) is 5.32 Å². The highest BCUT2D eigenvalue weighted by atomic mass is 35.5. The molecule has 0 radical (unpaired) electrons. The summed E-state index contributed by atoms with van der Waals surface area (Å²) in [5, 5.41) is 5.17. The van der Waals surface area contributed by atoms with Crippen molar-refractivity contribution in [2.24, 2.45) is 0 Å². The van der Waals surface area contributed by atoms with Crippen LogP contribution in [-0.4, -0.2) is 19.5 Å². The third-order valence-corrected chi connectivity index (χ3v) is 5.49. The maximum atomic E-state index is 13.5. The van der Waals surface area contributed by atoms with Gasteiger partial charge in [0.25, 0.3) is 5.56 Å². The summed E-state index contributed by atoms with van der Waals surface area (Å²) < 4.78 is 1.70. The van der Waals surface area contributed by atoms with Crippen LogP contribution in [0.1, 0.15) is 18.7 Å². The molecule has 0 aliphatic heterocycles. The standard InChI is InChI=1S/C23H18ClN5O/c1-14(28-22-21-18(10-11-25-22)26-13-27-21)19-12-15-6-5-9-17(24)20(15)23(30)29(19)16-7-3-2-4-8-16/h2-14H,1H3,(H,25,28)(H,26,27)/t14-/m0/s1. The number of halogens is 1. The highest BCUT2D eigenvalue weighted by Gasteiger charge is 2.19. The lowest BCUT2D eigenvalue weighted by molar-refractivity contribution is 0.774. The molecule has 3 aromatic heterocycles. The number of nitrogens with zero attached hydrogens (tertiary/aromatic N) is 3. The summed E-state index contributed by atoms with van der Waals surface area (Å²) in [6, 6.07) is 18.7. The number of nitrogens with one attached hydrogen (secondary N) is 2. The van der Waals surface area contributed by atoms with Gasteiger partial charge in [0.1, 0.15) is 5.52 Å². The van der Waals surface area contributed by atoms with Crippen LogP contribution in [0, 0.1) is 0 Å². The normalized spacial score (nSPS) is 12.3. The molecule has 5 aromatic rings. The van der Waals surface area contributed by atoms with E-state index in [1.54, 1.807) is 23.2 Å². The van der Waals surface area contributed by atoms with E-state index < -0.39 is 0 Å². The average Bonchev–Trinajstić information content (AvgIpc) is 3.24. The van der Waals surface area contributed by atoms with Crippen LogP contribution >= 0.6 is 11.6 Å². The third kappa shape index (κ3) is 3.02. The zero-order valence-electron chi connectivity index (χ0n) is 16.1. The fourth-order valence-corrected chi connectivity index (χ4v) is 4.02. The summed E-state index contributed by atoms with van der Waals surface area (Å²) in [6.45, 7) is 2.00. The fraction of sp³-hybridized carbons (Fsp3) is 0.0870.